The fourth-order valence-electron chi connectivity index (χ4n) is 5.61. The quantitative estimate of drug-likeness (QED) is 0.373. The first-order chi connectivity index (χ1) is 18.1. The van der Waals surface area contributed by atoms with Crippen LogP contribution in [0.25, 0.3) is 0 Å². The van der Waals surface area contributed by atoms with Gasteiger partial charge in [0.15, 0.2) is 11.5 Å². The number of ether oxygens (including phenoxy) is 2. The van der Waals surface area contributed by atoms with E-state index in [1.165, 1.54) is 25.9 Å². The van der Waals surface area contributed by atoms with Crippen LogP contribution in [0.2, 0.25) is 0 Å². The SMILES string of the molecule is Cc1cc(C(=O)N2CCC(N3CCCC3)CC2)c(C)c(OCc2ccccc2)c1OCc1ccccc1. The van der Waals surface area contributed by atoms with Crippen LogP contribution in [0.4, 0.5) is 0 Å². The fraction of sp³-hybridized carbons (Fsp3) is 0.406. The Morgan fingerprint density at radius 3 is 1.89 bits per heavy atom. The largest absolute Gasteiger partial charge is 0.485 e. The van der Waals surface area contributed by atoms with Crippen molar-refractivity contribution < 1.29 is 14.3 Å². The molecule has 3 aromatic carbocycles. The molecule has 2 fully saturated rings. The first-order valence-corrected chi connectivity index (χ1v) is 13.6. The zero-order valence-electron chi connectivity index (χ0n) is 22.1. The van der Waals surface area contributed by atoms with Crippen molar-refractivity contribution in [3.8, 4) is 11.5 Å². The number of benzene rings is 3. The van der Waals surface area contributed by atoms with Crippen LogP contribution in [-0.4, -0.2) is 47.9 Å². The maximum absolute atomic E-state index is 13.7. The molecule has 5 nitrogen and oxygen atoms in total. The Hall–Kier alpha value is -3.31. The highest BCUT2D eigenvalue weighted by Gasteiger charge is 2.30. The van der Waals surface area contributed by atoms with Gasteiger partial charge in [0, 0.05) is 30.3 Å². The molecule has 2 heterocycles. The minimum atomic E-state index is 0.0969. The van der Waals surface area contributed by atoms with Crippen LogP contribution in [0.1, 0.15) is 58.3 Å². The van der Waals surface area contributed by atoms with E-state index in [9.17, 15) is 4.79 Å². The van der Waals surface area contributed by atoms with E-state index in [1.807, 2.05) is 73.3 Å². The van der Waals surface area contributed by atoms with Gasteiger partial charge in [0.25, 0.3) is 5.91 Å². The van der Waals surface area contributed by atoms with E-state index in [4.69, 9.17) is 9.47 Å². The van der Waals surface area contributed by atoms with E-state index >= 15 is 0 Å². The molecule has 5 rings (SSSR count). The van der Waals surface area contributed by atoms with Gasteiger partial charge in [-0.1, -0.05) is 60.7 Å². The lowest BCUT2D eigenvalue weighted by Crippen LogP contribution is -2.46. The molecular formula is C32H38N2O3. The van der Waals surface area contributed by atoms with Gasteiger partial charge in [-0.2, -0.15) is 0 Å². The number of amides is 1. The molecule has 0 aliphatic carbocycles. The zero-order chi connectivity index (χ0) is 25.6. The van der Waals surface area contributed by atoms with Gasteiger partial charge in [0.1, 0.15) is 13.2 Å². The van der Waals surface area contributed by atoms with Gasteiger partial charge < -0.3 is 19.3 Å². The molecule has 0 bridgehead atoms. The third-order valence-corrected chi connectivity index (χ3v) is 7.76. The average molecular weight is 499 g/mol. The number of likely N-dealkylation sites (tertiary alicyclic amines) is 2. The average Bonchev–Trinajstić information content (AvgIpc) is 3.49. The summed E-state index contributed by atoms with van der Waals surface area (Å²) in [5.41, 5.74) is 4.65. The molecule has 0 atom stereocenters. The number of hydrogen-bond acceptors (Lipinski definition) is 4. The molecule has 2 saturated heterocycles. The lowest BCUT2D eigenvalue weighted by atomic mass is 9.99. The van der Waals surface area contributed by atoms with E-state index < -0.39 is 0 Å². The van der Waals surface area contributed by atoms with Crippen molar-refractivity contribution in [1.82, 2.24) is 9.80 Å². The predicted octanol–water partition coefficient (Wildman–Crippen LogP) is 6.16. The Bertz CT molecular complexity index is 1180. The van der Waals surface area contributed by atoms with Gasteiger partial charge in [-0.05, 0) is 75.4 Å². The second kappa shape index (κ2) is 11.8. The zero-order valence-corrected chi connectivity index (χ0v) is 22.1. The molecule has 5 heteroatoms. The predicted molar refractivity (Wildman–Crippen MR) is 147 cm³/mol. The molecule has 1 amide bonds. The Labute approximate surface area is 221 Å². The third-order valence-electron chi connectivity index (χ3n) is 7.76. The van der Waals surface area contributed by atoms with E-state index in [0.717, 1.165) is 48.2 Å². The minimum absolute atomic E-state index is 0.0969. The van der Waals surface area contributed by atoms with Crippen LogP contribution >= 0.6 is 0 Å². The highest BCUT2D eigenvalue weighted by molar-refractivity contribution is 5.97. The molecule has 194 valence electrons. The number of carbonyl (C=O) groups excluding carboxylic acids is 1. The number of carbonyl (C=O) groups is 1. The molecule has 0 radical (unpaired) electrons. The molecular weight excluding hydrogens is 460 g/mol. The highest BCUT2D eigenvalue weighted by atomic mass is 16.5. The topological polar surface area (TPSA) is 42.0 Å². The van der Waals surface area contributed by atoms with Gasteiger partial charge in [0.2, 0.25) is 0 Å². The van der Waals surface area contributed by atoms with Crippen molar-refractivity contribution in [2.24, 2.45) is 0 Å². The van der Waals surface area contributed by atoms with Crippen molar-refractivity contribution in [3.63, 3.8) is 0 Å². The van der Waals surface area contributed by atoms with Gasteiger partial charge in [0.05, 0.1) is 0 Å². The first kappa shape index (κ1) is 25.3. The molecule has 3 aromatic rings. The molecule has 0 unspecified atom stereocenters. The van der Waals surface area contributed by atoms with Crippen LogP contribution in [0.5, 0.6) is 11.5 Å². The van der Waals surface area contributed by atoms with Crippen LogP contribution in [0.15, 0.2) is 66.7 Å². The molecule has 2 aliphatic heterocycles. The standard InChI is InChI=1S/C32H38N2O3/c1-24-21-29(32(35)34-19-15-28(16-20-34)33-17-9-10-18-33)25(2)31(37-23-27-13-7-4-8-14-27)30(24)36-22-26-11-5-3-6-12-26/h3-8,11-14,21,28H,9-10,15-20,22-23H2,1-2H3. The lowest BCUT2D eigenvalue weighted by molar-refractivity contribution is 0.0643. The molecule has 0 saturated carbocycles. The Morgan fingerprint density at radius 2 is 1.32 bits per heavy atom. The van der Waals surface area contributed by atoms with Crippen molar-refractivity contribution in [1.29, 1.82) is 0 Å². The van der Waals surface area contributed by atoms with E-state index in [1.54, 1.807) is 0 Å². The smallest absolute Gasteiger partial charge is 0.254 e. The number of piperidine rings is 1. The summed E-state index contributed by atoms with van der Waals surface area (Å²) in [6.07, 6.45) is 4.73. The summed E-state index contributed by atoms with van der Waals surface area (Å²) in [6.45, 7) is 8.90. The van der Waals surface area contributed by atoms with Crippen LogP contribution in [-0.2, 0) is 13.2 Å². The second-order valence-corrected chi connectivity index (χ2v) is 10.3. The lowest BCUT2D eigenvalue weighted by Gasteiger charge is -2.37. The number of hydrogen-bond donors (Lipinski definition) is 0. The third kappa shape index (κ3) is 5.99. The number of nitrogens with zero attached hydrogens (tertiary/aromatic N) is 2. The summed E-state index contributed by atoms with van der Waals surface area (Å²) < 4.78 is 12.7. The van der Waals surface area contributed by atoms with E-state index in [2.05, 4.69) is 17.0 Å². The van der Waals surface area contributed by atoms with Gasteiger partial charge >= 0.3 is 0 Å². The minimum Gasteiger partial charge on any atom is -0.485 e. The highest BCUT2D eigenvalue weighted by Crippen LogP contribution is 2.39. The molecule has 0 N–H and O–H groups in total. The van der Waals surface area contributed by atoms with E-state index in [-0.39, 0.29) is 5.91 Å². The van der Waals surface area contributed by atoms with Gasteiger partial charge in [-0.25, -0.2) is 0 Å². The van der Waals surface area contributed by atoms with Gasteiger partial charge in [-0.15, -0.1) is 0 Å². The molecule has 2 aliphatic rings. The number of rotatable bonds is 8. The second-order valence-electron chi connectivity index (χ2n) is 10.3. The van der Waals surface area contributed by atoms with Crippen LogP contribution in [0.3, 0.4) is 0 Å². The summed E-state index contributed by atoms with van der Waals surface area (Å²) >= 11 is 0. The summed E-state index contributed by atoms with van der Waals surface area (Å²) in [5.74, 6) is 1.47. The van der Waals surface area contributed by atoms with Crippen molar-refractivity contribution in [3.05, 3.63) is 94.5 Å². The van der Waals surface area contributed by atoms with E-state index in [0.29, 0.717) is 36.3 Å². The van der Waals surface area contributed by atoms with Crippen LogP contribution < -0.4 is 9.47 Å². The van der Waals surface area contributed by atoms with Crippen molar-refractivity contribution in [2.75, 3.05) is 26.2 Å². The first-order valence-electron chi connectivity index (χ1n) is 13.6. The normalized spacial score (nSPS) is 16.6. The maximum atomic E-state index is 13.7. The number of aryl methyl sites for hydroxylation is 1. The van der Waals surface area contributed by atoms with Gasteiger partial charge in [-0.3, -0.25) is 4.79 Å². The fourth-order valence-corrected chi connectivity index (χ4v) is 5.61. The van der Waals surface area contributed by atoms with Crippen LogP contribution in [0, 0.1) is 13.8 Å². The Balaban J connectivity index is 1.37. The molecule has 0 aromatic heterocycles. The maximum Gasteiger partial charge on any atom is 0.254 e. The summed E-state index contributed by atoms with van der Waals surface area (Å²) in [5, 5.41) is 0. The monoisotopic (exact) mass is 498 g/mol. The Kier molecular flexibility index (Phi) is 8.10. The summed E-state index contributed by atoms with van der Waals surface area (Å²) in [4.78, 5) is 18.4. The van der Waals surface area contributed by atoms with Crippen molar-refractivity contribution in [2.45, 2.75) is 58.8 Å². The summed E-state index contributed by atoms with van der Waals surface area (Å²) in [7, 11) is 0. The van der Waals surface area contributed by atoms with Crippen molar-refractivity contribution >= 4 is 5.91 Å². The Morgan fingerprint density at radius 1 is 0.784 bits per heavy atom. The molecule has 0 spiro atoms. The summed E-state index contributed by atoms with van der Waals surface area (Å²) in [6, 6.07) is 22.8. The molecule has 37 heavy (non-hydrogen) atoms.